The van der Waals surface area contributed by atoms with Crippen LogP contribution in [0.4, 0.5) is 17.6 Å². The molecular formula is C35H26F4. The first kappa shape index (κ1) is 27.5. The van der Waals surface area contributed by atoms with E-state index in [9.17, 15) is 17.6 Å². The minimum Gasteiger partial charge on any atom is -0.206 e. The first-order chi connectivity index (χ1) is 18.9. The van der Waals surface area contributed by atoms with E-state index in [1.807, 2.05) is 24.3 Å². The van der Waals surface area contributed by atoms with Crippen molar-refractivity contribution in [2.45, 2.75) is 32.6 Å². The molecule has 0 radical (unpaired) electrons. The molecule has 0 spiro atoms. The third-order valence-electron chi connectivity index (χ3n) is 6.16. The number of rotatable bonds is 6. The molecule has 0 aliphatic carbocycles. The van der Waals surface area contributed by atoms with Crippen LogP contribution in [-0.2, 0) is 12.8 Å². The molecule has 0 saturated carbocycles. The maximum atomic E-state index is 14.8. The van der Waals surface area contributed by atoms with Crippen LogP contribution in [0.5, 0.6) is 0 Å². The lowest BCUT2D eigenvalue weighted by atomic mass is 10.0. The van der Waals surface area contributed by atoms with Crippen LogP contribution in [0.3, 0.4) is 0 Å². The maximum absolute atomic E-state index is 14.8. The van der Waals surface area contributed by atoms with E-state index in [0.29, 0.717) is 40.7 Å². The predicted molar refractivity (Wildman–Crippen MR) is 149 cm³/mol. The molecule has 0 nitrogen and oxygen atoms in total. The van der Waals surface area contributed by atoms with E-state index < -0.39 is 23.3 Å². The molecule has 0 fully saturated rings. The van der Waals surface area contributed by atoms with Gasteiger partial charge >= 0.3 is 0 Å². The van der Waals surface area contributed by atoms with Gasteiger partial charge in [0.05, 0.1) is 11.1 Å². The molecule has 0 amide bonds. The van der Waals surface area contributed by atoms with E-state index in [4.69, 9.17) is 0 Å². The SMILES string of the molecule is C=CCCc1cc(F)c(C#Cc2ccc(-c3cc(F)c(C#Cc4ccc(CCC)cc4)c(F)c3)cc2)c(F)c1. The van der Waals surface area contributed by atoms with Crippen molar-refractivity contribution in [2.75, 3.05) is 0 Å². The van der Waals surface area contributed by atoms with Crippen molar-refractivity contribution in [2.24, 2.45) is 0 Å². The largest absolute Gasteiger partial charge is 0.206 e. The molecule has 4 aromatic carbocycles. The van der Waals surface area contributed by atoms with Crippen molar-refractivity contribution in [3.05, 3.63) is 142 Å². The van der Waals surface area contributed by atoms with Crippen molar-refractivity contribution in [1.82, 2.24) is 0 Å². The van der Waals surface area contributed by atoms with Gasteiger partial charge in [-0.25, -0.2) is 17.6 Å². The van der Waals surface area contributed by atoms with Crippen molar-refractivity contribution in [1.29, 1.82) is 0 Å². The van der Waals surface area contributed by atoms with Gasteiger partial charge in [-0.1, -0.05) is 67.4 Å². The van der Waals surface area contributed by atoms with Gasteiger partial charge in [0, 0.05) is 11.1 Å². The molecule has 0 unspecified atom stereocenters. The van der Waals surface area contributed by atoms with Crippen LogP contribution in [0.1, 0.15) is 53.1 Å². The van der Waals surface area contributed by atoms with E-state index in [-0.39, 0.29) is 11.1 Å². The summed E-state index contributed by atoms with van der Waals surface area (Å²) < 4.78 is 58.3. The highest BCUT2D eigenvalue weighted by Gasteiger charge is 2.11. The molecule has 0 bridgehead atoms. The van der Waals surface area contributed by atoms with Crippen molar-refractivity contribution < 1.29 is 17.6 Å². The van der Waals surface area contributed by atoms with Crippen LogP contribution in [0.15, 0.2) is 85.5 Å². The van der Waals surface area contributed by atoms with Gasteiger partial charge in [-0.3, -0.25) is 0 Å². The Morgan fingerprint density at radius 3 is 1.56 bits per heavy atom. The monoisotopic (exact) mass is 522 g/mol. The van der Waals surface area contributed by atoms with E-state index in [1.165, 1.54) is 29.8 Å². The van der Waals surface area contributed by atoms with Crippen molar-refractivity contribution in [3.63, 3.8) is 0 Å². The molecule has 0 heterocycles. The highest BCUT2D eigenvalue weighted by atomic mass is 19.1. The Balaban J connectivity index is 1.51. The molecule has 0 aliphatic rings. The third-order valence-corrected chi connectivity index (χ3v) is 6.16. The van der Waals surface area contributed by atoms with Crippen LogP contribution in [0.2, 0.25) is 0 Å². The summed E-state index contributed by atoms with van der Waals surface area (Å²) in [6, 6.07) is 19.2. The topological polar surface area (TPSA) is 0 Å². The van der Waals surface area contributed by atoms with Crippen LogP contribution < -0.4 is 0 Å². The Morgan fingerprint density at radius 1 is 0.590 bits per heavy atom. The number of hydrogen-bond acceptors (Lipinski definition) is 0. The van der Waals surface area contributed by atoms with E-state index in [2.05, 4.69) is 37.2 Å². The second-order valence-electron chi connectivity index (χ2n) is 9.10. The van der Waals surface area contributed by atoms with Gasteiger partial charge in [-0.15, -0.1) is 6.58 Å². The number of hydrogen-bond donors (Lipinski definition) is 0. The van der Waals surface area contributed by atoms with Gasteiger partial charge in [0.2, 0.25) is 0 Å². The normalized spacial score (nSPS) is 10.3. The van der Waals surface area contributed by atoms with Gasteiger partial charge in [0.1, 0.15) is 23.3 Å². The molecule has 194 valence electrons. The van der Waals surface area contributed by atoms with Crippen LogP contribution in [0, 0.1) is 47.0 Å². The molecule has 39 heavy (non-hydrogen) atoms. The number of allylic oxidation sites excluding steroid dienone is 1. The molecule has 4 rings (SSSR count). The summed E-state index contributed by atoms with van der Waals surface area (Å²) in [6.45, 7) is 5.71. The van der Waals surface area contributed by atoms with Crippen LogP contribution in [-0.4, -0.2) is 0 Å². The molecule has 0 N–H and O–H groups in total. The fraction of sp³-hybridized carbons (Fsp3) is 0.143. The zero-order chi connectivity index (χ0) is 27.8. The lowest BCUT2D eigenvalue weighted by Crippen LogP contribution is -1.95. The Labute approximate surface area is 227 Å². The zero-order valence-corrected chi connectivity index (χ0v) is 21.6. The summed E-state index contributed by atoms with van der Waals surface area (Å²) in [5.41, 5.74) is 3.21. The van der Waals surface area contributed by atoms with E-state index in [1.54, 1.807) is 30.3 Å². The first-order valence-electron chi connectivity index (χ1n) is 12.7. The van der Waals surface area contributed by atoms with Crippen LogP contribution >= 0.6 is 0 Å². The fourth-order valence-electron chi connectivity index (χ4n) is 4.08. The Hall–Kier alpha value is -4.54. The highest BCUT2D eigenvalue weighted by Crippen LogP contribution is 2.25. The summed E-state index contributed by atoms with van der Waals surface area (Å²) >= 11 is 0. The summed E-state index contributed by atoms with van der Waals surface area (Å²) in [7, 11) is 0. The average molecular weight is 523 g/mol. The van der Waals surface area contributed by atoms with Gasteiger partial charge in [0.15, 0.2) is 0 Å². The van der Waals surface area contributed by atoms with Crippen molar-refractivity contribution in [3.8, 4) is 34.8 Å². The number of benzene rings is 4. The van der Waals surface area contributed by atoms with E-state index >= 15 is 0 Å². The van der Waals surface area contributed by atoms with Gasteiger partial charge in [0.25, 0.3) is 0 Å². The summed E-state index contributed by atoms with van der Waals surface area (Å²) in [4.78, 5) is 0. The summed E-state index contributed by atoms with van der Waals surface area (Å²) in [6.07, 6.45) is 4.80. The number of halogens is 4. The van der Waals surface area contributed by atoms with Gasteiger partial charge in [-0.05, 0) is 90.0 Å². The lowest BCUT2D eigenvalue weighted by molar-refractivity contribution is 0.573. The molecular weight excluding hydrogens is 496 g/mol. The zero-order valence-electron chi connectivity index (χ0n) is 21.6. The standard InChI is InChI=1S/C35H26F4/c1-3-5-7-27-20-32(36)30(33(37)21-27)18-15-26-12-16-28(17-13-26)29-22-34(38)31(35(39)23-29)19-14-25-10-8-24(6-4-2)9-11-25/h3,8-13,16-17,20-23H,1,4-7H2,2H3. The first-order valence-corrected chi connectivity index (χ1v) is 12.7. The molecule has 4 heteroatoms. The quantitative estimate of drug-likeness (QED) is 0.135. The Kier molecular flexibility index (Phi) is 9.03. The summed E-state index contributed by atoms with van der Waals surface area (Å²) in [5, 5.41) is 0. The molecule has 0 aliphatic heterocycles. The highest BCUT2D eigenvalue weighted by molar-refractivity contribution is 5.66. The summed E-state index contributed by atoms with van der Waals surface area (Å²) in [5.74, 6) is 7.77. The van der Waals surface area contributed by atoms with Crippen LogP contribution in [0.25, 0.3) is 11.1 Å². The van der Waals surface area contributed by atoms with E-state index in [0.717, 1.165) is 12.8 Å². The maximum Gasteiger partial charge on any atom is 0.142 e. The predicted octanol–water partition coefficient (Wildman–Crippen LogP) is 8.78. The third kappa shape index (κ3) is 7.07. The number of aryl methyl sites for hydroxylation is 2. The second kappa shape index (κ2) is 12.8. The molecule has 0 atom stereocenters. The smallest absolute Gasteiger partial charge is 0.142 e. The molecule has 4 aromatic rings. The molecule has 0 saturated heterocycles. The minimum atomic E-state index is -0.758. The lowest BCUT2D eigenvalue weighted by Gasteiger charge is -2.05. The van der Waals surface area contributed by atoms with Gasteiger partial charge in [-0.2, -0.15) is 0 Å². The van der Waals surface area contributed by atoms with Gasteiger partial charge < -0.3 is 0 Å². The second-order valence-corrected chi connectivity index (χ2v) is 9.10. The minimum absolute atomic E-state index is 0.293. The Bertz CT molecular complexity index is 1560. The Morgan fingerprint density at radius 2 is 1.08 bits per heavy atom. The van der Waals surface area contributed by atoms with Crippen molar-refractivity contribution >= 4 is 0 Å². The molecule has 0 aromatic heterocycles. The average Bonchev–Trinajstić information content (AvgIpc) is 2.92. The fourth-order valence-corrected chi connectivity index (χ4v) is 4.08.